The predicted octanol–water partition coefficient (Wildman–Crippen LogP) is 1.83. The van der Waals surface area contributed by atoms with Gasteiger partial charge in [0, 0.05) is 7.05 Å². The van der Waals surface area contributed by atoms with Gasteiger partial charge in [0.2, 0.25) is 0 Å². The highest BCUT2D eigenvalue weighted by Crippen LogP contribution is 2.25. The van der Waals surface area contributed by atoms with Crippen LogP contribution in [0.5, 0.6) is 5.75 Å². The van der Waals surface area contributed by atoms with Gasteiger partial charge in [-0.1, -0.05) is 0 Å². The van der Waals surface area contributed by atoms with Crippen molar-refractivity contribution >= 4 is 12.0 Å². The summed E-state index contributed by atoms with van der Waals surface area (Å²) in [4.78, 5) is 29.1. The number of nitrogens with zero attached hydrogens (tertiary/aromatic N) is 2. The summed E-state index contributed by atoms with van der Waals surface area (Å²) in [5.74, 6) is 0.322. The van der Waals surface area contributed by atoms with Gasteiger partial charge < -0.3 is 14.8 Å². The molecule has 2 amide bonds. The molecule has 1 aromatic heterocycles. The van der Waals surface area contributed by atoms with Gasteiger partial charge in [-0.3, -0.25) is 9.69 Å². The second-order valence-electron chi connectivity index (χ2n) is 6.49. The van der Waals surface area contributed by atoms with E-state index in [2.05, 4.69) is 10.3 Å². The lowest BCUT2D eigenvalue weighted by atomic mass is 10.0. The number of rotatable bonds is 3. The minimum Gasteiger partial charge on any atom is -0.485 e. The zero-order chi connectivity index (χ0) is 17.2. The number of aromatic nitrogens is 1. The van der Waals surface area contributed by atoms with Crippen molar-refractivity contribution in [2.24, 2.45) is 0 Å². The molecule has 0 bridgehead atoms. The Hall–Kier alpha value is -2.31. The number of carbonyl (C=O) groups is 2. The van der Waals surface area contributed by atoms with Gasteiger partial charge in [-0.2, -0.15) is 0 Å². The van der Waals surface area contributed by atoms with Gasteiger partial charge in [-0.05, 0) is 39.8 Å². The molecule has 0 radical (unpaired) electrons. The van der Waals surface area contributed by atoms with Crippen LogP contribution in [0.15, 0.2) is 18.3 Å². The molecule has 2 heterocycles. The highest BCUT2D eigenvalue weighted by atomic mass is 16.6. The molecule has 2 rings (SSSR count). The summed E-state index contributed by atoms with van der Waals surface area (Å²) >= 11 is 0. The van der Waals surface area contributed by atoms with E-state index in [1.165, 1.54) is 6.20 Å². The molecule has 0 unspecified atom stereocenters. The van der Waals surface area contributed by atoms with E-state index in [0.29, 0.717) is 18.0 Å². The number of hydrogen-bond donors (Lipinski definition) is 1. The number of carbonyl (C=O) groups excluding carboxylic acids is 2. The third-order valence-electron chi connectivity index (χ3n) is 3.52. The van der Waals surface area contributed by atoms with Crippen molar-refractivity contribution in [1.82, 2.24) is 15.2 Å². The Kier molecular flexibility index (Phi) is 4.77. The average Bonchev–Trinajstić information content (AvgIpc) is 2.48. The van der Waals surface area contributed by atoms with Crippen molar-refractivity contribution in [3.63, 3.8) is 0 Å². The molecule has 1 fully saturated rings. The van der Waals surface area contributed by atoms with E-state index in [0.717, 1.165) is 0 Å². The van der Waals surface area contributed by atoms with Crippen LogP contribution in [0, 0.1) is 0 Å². The highest BCUT2D eigenvalue weighted by molar-refractivity contribution is 5.91. The SMILES string of the molecule is CNC(=O)c1ccc(O[C@H]2CN(C(=O)OC(C)(C)C)[C@@H]2C)cn1. The lowest BCUT2D eigenvalue weighted by molar-refractivity contribution is -0.0537. The molecule has 126 valence electrons. The Labute approximate surface area is 136 Å². The van der Waals surface area contributed by atoms with Crippen LogP contribution < -0.4 is 10.1 Å². The fraction of sp³-hybridized carbons (Fsp3) is 0.562. The van der Waals surface area contributed by atoms with Crippen molar-refractivity contribution < 1.29 is 19.1 Å². The largest absolute Gasteiger partial charge is 0.485 e. The van der Waals surface area contributed by atoms with Gasteiger partial charge in [-0.25, -0.2) is 9.78 Å². The quantitative estimate of drug-likeness (QED) is 0.918. The van der Waals surface area contributed by atoms with Gasteiger partial charge in [0.05, 0.1) is 18.8 Å². The fourth-order valence-electron chi connectivity index (χ4n) is 2.16. The van der Waals surface area contributed by atoms with Gasteiger partial charge in [0.1, 0.15) is 23.1 Å². The van der Waals surface area contributed by atoms with E-state index in [1.807, 2.05) is 27.7 Å². The Morgan fingerprint density at radius 2 is 2.04 bits per heavy atom. The fourth-order valence-corrected chi connectivity index (χ4v) is 2.16. The Morgan fingerprint density at radius 1 is 1.35 bits per heavy atom. The normalized spacial score (nSPS) is 20.5. The Bertz CT molecular complexity index is 580. The summed E-state index contributed by atoms with van der Waals surface area (Å²) in [5, 5.41) is 2.51. The molecule has 0 saturated carbocycles. The number of hydrogen-bond acceptors (Lipinski definition) is 5. The molecule has 7 nitrogen and oxygen atoms in total. The summed E-state index contributed by atoms with van der Waals surface area (Å²) in [6.07, 6.45) is 1.06. The van der Waals surface area contributed by atoms with Gasteiger partial charge >= 0.3 is 6.09 Å². The number of pyridine rings is 1. The molecule has 23 heavy (non-hydrogen) atoms. The summed E-state index contributed by atoms with van der Waals surface area (Å²) < 4.78 is 11.1. The summed E-state index contributed by atoms with van der Waals surface area (Å²) in [7, 11) is 1.55. The van der Waals surface area contributed by atoms with E-state index in [9.17, 15) is 9.59 Å². The maximum absolute atomic E-state index is 12.0. The molecule has 1 aliphatic rings. The number of ether oxygens (including phenoxy) is 2. The average molecular weight is 321 g/mol. The molecule has 0 spiro atoms. The van der Waals surface area contributed by atoms with E-state index >= 15 is 0 Å². The lowest BCUT2D eigenvalue weighted by Gasteiger charge is -2.45. The first-order chi connectivity index (χ1) is 10.7. The minimum absolute atomic E-state index is 0.0801. The molecule has 2 atom stereocenters. The molecule has 0 aliphatic carbocycles. The van der Waals surface area contributed by atoms with Crippen molar-refractivity contribution in [2.75, 3.05) is 13.6 Å². The first-order valence-corrected chi connectivity index (χ1v) is 7.55. The summed E-state index contributed by atoms with van der Waals surface area (Å²) in [6.45, 7) is 7.88. The van der Waals surface area contributed by atoms with E-state index in [4.69, 9.17) is 9.47 Å². The van der Waals surface area contributed by atoms with E-state index in [1.54, 1.807) is 24.1 Å². The van der Waals surface area contributed by atoms with Crippen LogP contribution in [0.3, 0.4) is 0 Å². The van der Waals surface area contributed by atoms with Crippen LogP contribution in [0.4, 0.5) is 4.79 Å². The van der Waals surface area contributed by atoms with Gasteiger partial charge in [0.25, 0.3) is 5.91 Å². The standard InChI is InChI=1S/C16H23N3O4/c1-10-13(9-19(10)15(21)23-16(2,3)4)22-11-6-7-12(18-8-11)14(20)17-5/h6-8,10,13H,9H2,1-5H3,(H,17,20)/t10-,13+/m1/s1. The van der Waals surface area contributed by atoms with E-state index in [-0.39, 0.29) is 24.1 Å². The molecule has 7 heteroatoms. The maximum atomic E-state index is 12.0. The Balaban J connectivity index is 1.89. The maximum Gasteiger partial charge on any atom is 0.410 e. The Morgan fingerprint density at radius 3 is 2.52 bits per heavy atom. The predicted molar refractivity (Wildman–Crippen MR) is 84.4 cm³/mol. The number of nitrogens with one attached hydrogen (secondary N) is 1. The van der Waals surface area contributed by atoms with Gasteiger partial charge in [0.15, 0.2) is 0 Å². The molecular formula is C16H23N3O4. The third-order valence-corrected chi connectivity index (χ3v) is 3.52. The first-order valence-electron chi connectivity index (χ1n) is 7.55. The van der Waals surface area contributed by atoms with Crippen LogP contribution in [-0.4, -0.2) is 53.2 Å². The molecule has 1 saturated heterocycles. The monoisotopic (exact) mass is 321 g/mol. The van der Waals surface area contributed by atoms with Crippen molar-refractivity contribution in [1.29, 1.82) is 0 Å². The zero-order valence-electron chi connectivity index (χ0n) is 14.1. The third kappa shape index (κ3) is 4.12. The van der Waals surface area contributed by atoms with Crippen molar-refractivity contribution in [2.45, 2.75) is 45.4 Å². The van der Waals surface area contributed by atoms with Crippen LogP contribution in [0.2, 0.25) is 0 Å². The molecule has 1 N–H and O–H groups in total. The minimum atomic E-state index is -0.512. The molecule has 0 aromatic carbocycles. The second kappa shape index (κ2) is 6.44. The highest BCUT2D eigenvalue weighted by Gasteiger charge is 2.42. The summed E-state index contributed by atoms with van der Waals surface area (Å²) in [5.41, 5.74) is -0.181. The number of likely N-dealkylation sites (tertiary alicyclic amines) is 1. The lowest BCUT2D eigenvalue weighted by Crippen LogP contribution is -2.63. The van der Waals surface area contributed by atoms with E-state index < -0.39 is 5.60 Å². The van der Waals surface area contributed by atoms with Crippen molar-refractivity contribution in [3.8, 4) is 5.75 Å². The second-order valence-corrected chi connectivity index (χ2v) is 6.49. The molecular weight excluding hydrogens is 298 g/mol. The van der Waals surface area contributed by atoms with Crippen LogP contribution in [-0.2, 0) is 4.74 Å². The van der Waals surface area contributed by atoms with Crippen LogP contribution >= 0.6 is 0 Å². The molecule has 1 aliphatic heterocycles. The van der Waals surface area contributed by atoms with Gasteiger partial charge in [-0.15, -0.1) is 0 Å². The first kappa shape index (κ1) is 17.1. The van der Waals surface area contributed by atoms with Crippen molar-refractivity contribution in [3.05, 3.63) is 24.0 Å². The van der Waals surface area contributed by atoms with Crippen LogP contribution in [0.1, 0.15) is 38.2 Å². The topological polar surface area (TPSA) is 80.8 Å². The zero-order valence-corrected chi connectivity index (χ0v) is 14.1. The van der Waals surface area contributed by atoms with Crippen LogP contribution in [0.25, 0.3) is 0 Å². The smallest absolute Gasteiger partial charge is 0.410 e. The summed E-state index contributed by atoms with van der Waals surface area (Å²) in [6, 6.07) is 3.22. The number of amides is 2. The molecule has 1 aromatic rings.